The van der Waals surface area contributed by atoms with Crippen LogP contribution in [0, 0.1) is 0 Å². The number of benzene rings is 4. The van der Waals surface area contributed by atoms with Crippen molar-refractivity contribution >= 4 is 33.5 Å². The Kier molecular flexibility index (Phi) is 8.27. The van der Waals surface area contributed by atoms with Crippen molar-refractivity contribution in [2.45, 2.75) is 12.2 Å². The van der Waals surface area contributed by atoms with Gasteiger partial charge in [-0.15, -0.1) is 0 Å². The smallest absolute Gasteiger partial charge is 0.338 e. The summed E-state index contributed by atoms with van der Waals surface area (Å²) in [6, 6.07) is 22.3. The lowest BCUT2D eigenvalue weighted by molar-refractivity contribution is 0.0469. The van der Waals surface area contributed by atoms with E-state index in [4.69, 9.17) is 33.2 Å². The molecular formula is C32H30O9. The highest BCUT2D eigenvalue weighted by Crippen LogP contribution is 2.24. The molecule has 212 valence electrons. The largest absolute Gasteiger partial charge is 0.491 e. The lowest BCUT2D eigenvalue weighted by atomic mass is 10.1. The van der Waals surface area contributed by atoms with Crippen LogP contribution < -0.4 is 9.47 Å². The van der Waals surface area contributed by atoms with Crippen LogP contribution in [0.5, 0.6) is 11.5 Å². The van der Waals surface area contributed by atoms with E-state index >= 15 is 0 Å². The minimum Gasteiger partial charge on any atom is -0.491 e. The summed E-state index contributed by atoms with van der Waals surface area (Å²) in [5.74, 6) is 0.751. The van der Waals surface area contributed by atoms with Crippen LogP contribution in [0.4, 0.5) is 0 Å². The maximum atomic E-state index is 12.2. The van der Waals surface area contributed by atoms with Gasteiger partial charge in [-0.05, 0) is 70.1 Å². The van der Waals surface area contributed by atoms with Gasteiger partial charge in [0.1, 0.15) is 50.1 Å². The van der Waals surface area contributed by atoms with Gasteiger partial charge in [-0.1, -0.05) is 24.3 Å². The molecule has 2 saturated heterocycles. The first kappa shape index (κ1) is 27.0. The molecule has 0 bridgehead atoms. The topological polar surface area (TPSA) is 105 Å². The molecule has 2 atom stereocenters. The Hall–Kier alpha value is -4.18. The van der Waals surface area contributed by atoms with Gasteiger partial charge in [0.05, 0.1) is 37.6 Å². The van der Waals surface area contributed by atoms with E-state index in [1.165, 1.54) is 0 Å². The van der Waals surface area contributed by atoms with Crippen LogP contribution >= 0.6 is 0 Å². The molecule has 6 rings (SSSR count). The monoisotopic (exact) mass is 558 g/mol. The van der Waals surface area contributed by atoms with E-state index in [9.17, 15) is 9.59 Å². The number of ether oxygens (including phenoxy) is 7. The van der Waals surface area contributed by atoms with Gasteiger partial charge in [-0.3, -0.25) is 0 Å². The number of rotatable bonds is 14. The first-order valence-corrected chi connectivity index (χ1v) is 13.6. The highest BCUT2D eigenvalue weighted by atomic mass is 16.6. The Bertz CT molecular complexity index is 1430. The number of carbonyl (C=O) groups is 2. The van der Waals surface area contributed by atoms with Gasteiger partial charge < -0.3 is 33.2 Å². The zero-order chi connectivity index (χ0) is 28.0. The molecule has 2 aliphatic rings. The van der Waals surface area contributed by atoms with Crippen LogP contribution in [0.15, 0.2) is 72.8 Å². The molecule has 2 aliphatic heterocycles. The summed E-state index contributed by atoms with van der Waals surface area (Å²) >= 11 is 0. The van der Waals surface area contributed by atoms with Gasteiger partial charge in [-0.25, -0.2) is 9.59 Å². The van der Waals surface area contributed by atoms with Crippen molar-refractivity contribution in [2.75, 3.05) is 52.9 Å². The van der Waals surface area contributed by atoms with E-state index in [0.29, 0.717) is 64.0 Å². The molecule has 2 fully saturated rings. The fraction of sp³-hybridized carbons (Fsp3) is 0.312. The van der Waals surface area contributed by atoms with Gasteiger partial charge in [0.2, 0.25) is 0 Å². The predicted octanol–water partition coefficient (Wildman–Crippen LogP) is 4.58. The molecule has 2 heterocycles. The number of epoxide rings is 2. The summed E-state index contributed by atoms with van der Waals surface area (Å²) < 4.78 is 37.9. The number of hydrogen-bond donors (Lipinski definition) is 0. The van der Waals surface area contributed by atoms with Crippen LogP contribution in [-0.2, 0) is 23.7 Å². The van der Waals surface area contributed by atoms with Gasteiger partial charge in [-0.2, -0.15) is 0 Å². The summed E-state index contributed by atoms with van der Waals surface area (Å²) in [4.78, 5) is 24.4. The maximum Gasteiger partial charge on any atom is 0.338 e. The first-order valence-electron chi connectivity index (χ1n) is 13.6. The third-order valence-electron chi connectivity index (χ3n) is 6.69. The van der Waals surface area contributed by atoms with E-state index in [1.54, 1.807) is 12.1 Å². The SMILES string of the molecule is O=C(OCC1CO1)c1ccc2cc(OCCOCCOc3ccc4cc(C(=O)OCC5CO5)ccc4c3)ccc2c1. The fourth-order valence-electron chi connectivity index (χ4n) is 4.25. The van der Waals surface area contributed by atoms with Crippen molar-refractivity contribution in [3.05, 3.63) is 83.9 Å². The number of fused-ring (bicyclic) bond motifs is 2. The summed E-state index contributed by atoms with van der Waals surface area (Å²) in [7, 11) is 0. The molecule has 0 amide bonds. The van der Waals surface area contributed by atoms with Crippen LogP contribution in [0.25, 0.3) is 21.5 Å². The third kappa shape index (κ3) is 7.52. The fourth-order valence-corrected chi connectivity index (χ4v) is 4.25. The third-order valence-corrected chi connectivity index (χ3v) is 6.69. The quantitative estimate of drug-likeness (QED) is 0.125. The molecular weight excluding hydrogens is 528 g/mol. The van der Waals surface area contributed by atoms with Crippen LogP contribution in [0.3, 0.4) is 0 Å². The second kappa shape index (κ2) is 12.6. The van der Waals surface area contributed by atoms with Crippen molar-refractivity contribution in [1.82, 2.24) is 0 Å². The Morgan fingerprint density at radius 2 is 1.00 bits per heavy atom. The van der Waals surface area contributed by atoms with Crippen molar-refractivity contribution in [2.24, 2.45) is 0 Å². The van der Waals surface area contributed by atoms with Crippen molar-refractivity contribution in [3.63, 3.8) is 0 Å². The lowest BCUT2D eigenvalue weighted by Gasteiger charge is -2.10. The van der Waals surface area contributed by atoms with Gasteiger partial charge >= 0.3 is 11.9 Å². The van der Waals surface area contributed by atoms with Gasteiger partial charge in [0.25, 0.3) is 0 Å². The van der Waals surface area contributed by atoms with Crippen LogP contribution in [-0.4, -0.2) is 77.0 Å². The molecule has 4 aromatic rings. The van der Waals surface area contributed by atoms with E-state index in [-0.39, 0.29) is 24.1 Å². The van der Waals surface area contributed by atoms with E-state index < -0.39 is 0 Å². The number of hydrogen-bond acceptors (Lipinski definition) is 9. The average Bonchev–Trinajstić information content (AvgIpc) is 3.93. The molecule has 0 N–H and O–H groups in total. The zero-order valence-electron chi connectivity index (χ0n) is 22.4. The minimum absolute atomic E-state index is 0.0447. The Balaban J connectivity index is 0.899. The van der Waals surface area contributed by atoms with E-state index in [1.807, 2.05) is 60.7 Å². The van der Waals surface area contributed by atoms with Crippen molar-refractivity contribution in [1.29, 1.82) is 0 Å². The Morgan fingerprint density at radius 3 is 1.44 bits per heavy atom. The molecule has 2 unspecified atom stereocenters. The highest BCUT2D eigenvalue weighted by molar-refractivity contribution is 5.96. The zero-order valence-corrected chi connectivity index (χ0v) is 22.4. The second-order valence-electron chi connectivity index (χ2n) is 9.86. The number of carbonyl (C=O) groups excluding carboxylic acids is 2. The average molecular weight is 559 g/mol. The van der Waals surface area contributed by atoms with Crippen LogP contribution in [0.1, 0.15) is 20.7 Å². The highest BCUT2D eigenvalue weighted by Gasteiger charge is 2.25. The van der Waals surface area contributed by atoms with Gasteiger partial charge in [0.15, 0.2) is 0 Å². The first-order chi connectivity index (χ1) is 20.1. The van der Waals surface area contributed by atoms with Crippen molar-refractivity contribution in [3.8, 4) is 11.5 Å². The Labute approximate surface area is 236 Å². The molecule has 41 heavy (non-hydrogen) atoms. The Morgan fingerprint density at radius 1 is 0.585 bits per heavy atom. The summed E-state index contributed by atoms with van der Waals surface area (Å²) in [5.41, 5.74) is 1.02. The summed E-state index contributed by atoms with van der Waals surface area (Å²) in [6.45, 7) is 3.51. The predicted molar refractivity (Wildman–Crippen MR) is 150 cm³/mol. The molecule has 9 heteroatoms. The standard InChI is InChI=1S/C32H30O9/c33-31(40-19-29-17-38-29)25-3-1-23-15-27(7-5-21(23)13-25)36-11-9-35-10-12-37-28-8-6-22-14-26(4-2-24(22)16-28)32(34)41-20-30-18-39-30/h1-8,13-16,29-30H,9-12,17-20H2. The molecule has 0 radical (unpaired) electrons. The molecule has 0 aliphatic carbocycles. The molecule has 9 nitrogen and oxygen atoms in total. The normalized spacial score (nSPS) is 17.3. The molecule has 0 spiro atoms. The molecule has 0 aromatic heterocycles. The second-order valence-corrected chi connectivity index (χ2v) is 9.86. The molecule has 4 aromatic carbocycles. The summed E-state index contributed by atoms with van der Waals surface area (Å²) in [5, 5.41) is 3.79. The summed E-state index contributed by atoms with van der Waals surface area (Å²) in [6.07, 6.45) is 0.0894. The lowest BCUT2D eigenvalue weighted by Crippen LogP contribution is -2.12. The van der Waals surface area contributed by atoms with Crippen LogP contribution in [0.2, 0.25) is 0 Å². The maximum absolute atomic E-state index is 12.2. The van der Waals surface area contributed by atoms with E-state index in [0.717, 1.165) is 33.0 Å². The number of esters is 2. The van der Waals surface area contributed by atoms with Crippen molar-refractivity contribution < 1.29 is 42.7 Å². The molecule has 0 saturated carbocycles. The minimum atomic E-state index is -0.350. The van der Waals surface area contributed by atoms with E-state index in [2.05, 4.69) is 0 Å². The van der Waals surface area contributed by atoms with Gasteiger partial charge in [0, 0.05) is 0 Å².